The fourth-order valence-electron chi connectivity index (χ4n) is 1.35. The van der Waals surface area contributed by atoms with Crippen LogP contribution in [0.5, 0.6) is 0 Å². The highest BCUT2D eigenvalue weighted by molar-refractivity contribution is 6.30. The monoisotopic (exact) mass is 246 g/mol. The van der Waals surface area contributed by atoms with Crippen LogP contribution in [0.2, 0.25) is 5.02 Å². The van der Waals surface area contributed by atoms with Gasteiger partial charge in [0.25, 0.3) is 0 Å². The summed E-state index contributed by atoms with van der Waals surface area (Å²) in [6, 6.07) is 6.15. The van der Waals surface area contributed by atoms with E-state index in [1.807, 2.05) is 0 Å². The van der Waals surface area contributed by atoms with Gasteiger partial charge in [0, 0.05) is 23.1 Å². The van der Waals surface area contributed by atoms with E-state index in [0.717, 1.165) is 10.8 Å². The van der Waals surface area contributed by atoms with Crippen LogP contribution in [0.25, 0.3) is 5.69 Å². The molecule has 0 aliphatic carbocycles. The molecule has 84 valence electrons. The topological polar surface area (TPSA) is 17.8 Å². The molecule has 0 spiro atoms. The van der Waals surface area contributed by atoms with Crippen molar-refractivity contribution in [2.45, 2.75) is 6.18 Å². The largest absolute Gasteiger partial charge is 0.450 e. The van der Waals surface area contributed by atoms with Crippen molar-refractivity contribution in [1.82, 2.24) is 9.55 Å². The van der Waals surface area contributed by atoms with Crippen molar-refractivity contribution in [3.05, 3.63) is 47.5 Å². The molecular weight excluding hydrogens is 241 g/mol. The molecule has 1 aromatic heterocycles. The number of rotatable bonds is 1. The maximum atomic E-state index is 12.6. The highest BCUT2D eigenvalue weighted by Gasteiger charge is 2.36. The number of halogens is 4. The number of nitrogens with zero attached hydrogens (tertiary/aromatic N) is 2. The van der Waals surface area contributed by atoms with Crippen LogP contribution in [-0.4, -0.2) is 9.55 Å². The molecule has 0 bridgehead atoms. The van der Waals surface area contributed by atoms with E-state index in [1.54, 1.807) is 12.1 Å². The Labute approximate surface area is 94.3 Å². The summed E-state index contributed by atoms with van der Waals surface area (Å²) < 4.78 is 38.6. The van der Waals surface area contributed by atoms with E-state index in [0.29, 0.717) is 10.7 Å². The van der Waals surface area contributed by atoms with Crippen LogP contribution >= 0.6 is 11.6 Å². The quantitative estimate of drug-likeness (QED) is 0.752. The Morgan fingerprint density at radius 2 is 2.00 bits per heavy atom. The minimum absolute atomic E-state index is 0.331. The minimum Gasteiger partial charge on any atom is -0.296 e. The normalized spacial score (nSPS) is 11.8. The number of alkyl halides is 3. The van der Waals surface area contributed by atoms with Crippen molar-refractivity contribution >= 4 is 11.6 Å². The first-order valence-corrected chi connectivity index (χ1v) is 4.73. The van der Waals surface area contributed by atoms with E-state index in [9.17, 15) is 13.2 Å². The zero-order valence-electron chi connectivity index (χ0n) is 7.87. The molecule has 2 rings (SSSR count). The van der Waals surface area contributed by atoms with E-state index in [4.69, 9.17) is 11.6 Å². The first-order valence-electron chi connectivity index (χ1n) is 4.35. The Hall–Kier alpha value is -1.49. The lowest BCUT2D eigenvalue weighted by atomic mass is 10.3. The second kappa shape index (κ2) is 3.83. The van der Waals surface area contributed by atoms with Gasteiger partial charge in [0.15, 0.2) is 0 Å². The molecule has 0 saturated carbocycles. The van der Waals surface area contributed by atoms with Gasteiger partial charge in [-0.1, -0.05) is 17.7 Å². The van der Waals surface area contributed by atoms with Crippen LogP contribution in [0.3, 0.4) is 0 Å². The predicted octanol–water partition coefficient (Wildman–Crippen LogP) is 3.54. The third-order valence-electron chi connectivity index (χ3n) is 1.98. The molecule has 0 saturated heterocycles. The molecule has 0 unspecified atom stereocenters. The van der Waals surface area contributed by atoms with Gasteiger partial charge in [0.05, 0.1) is 0 Å². The van der Waals surface area contributed by atoms with Crippen LogP contribution < -0.4 is 0 Å². The van der Waals surface area contributed by atoms with Gasteiger partial charge in [0.2, 0.25) is 5.82 Å². The Morgan fingerprint density at radius 1 is 1.25 bits per heavy atom. The van der Waals surface area contributed by atoms with Crippen molar-refractivity contribution < 1.29 is 13.2 Å². The number of aromatic nitrogens is 2. The molecule has 2 nitrogen and oxygen atoms in total. The summed E-state index contributed by atoms with van der Waals surface area (Å²) in [5.41, 5.74) is 0.331. The molecule has 1 heterocycles. The first-order chi connectivity index (χ1) is 7.48. The van der Waals surface area contributed by atoms with Gasteiger partial charge < -0.3 is 0 Å². The molecule has 0 atom stereocenters. The molecular formula is C10H6ClF3N2. The molecule has 0 N–H and O–H groups in total. The molecule has 1 aromatic carbocycles. The van der Waals surface area contributed by atoms with Gasteiger partial charge >= 0.3 is 6.18 Å². The molecule has 0 aliphatic rings. The SMILES string of the molecule is FC(F)(F)c1nccn1-c1cccc(Cl)c1. The van der Waals surface area contributed by atoms with Gasteiger partial charge in [0.1, 0.15) is 0 Å². The second-order valence-corrected chi connectivity index (χ2v) is 3.53. The summed E-state index contributed by atoms with van der Waals surface area (Å²) in [6.45, 7) is 0. The van der Waals surface area contributed by atoms with Crippen molar-refractivity contribution in [2.24, 2.45) is 0 Å². The molecule has 0 amide bonds. The number of benzene rings is 1. The molecule has 0 aliphatic heterocycles. The average molecular weight is 247 g/mol. The van der Waals surface area contributed by atoms with E-state index in [2.05, 4.69) is 4.98 Å². The number of hydrogen-bond acceptors (Lipinski definition) is 1. The van der Waals surface area contributed by atoms with E-state index in [1.165, 1.54) is 18.3 Å². The molecule has 6 heteroatoms. The van der Waals surface area contributed by atoms with E-state index < -0.39 is 12.0 Å². The lowest BCUT2D eigenvalue weighted by molar-refractivity contribution is -0.145. The molecule has 2 aromatic rings. The Bertz CT molecular complexity index is 505. The van der Waals surface area contributed by atoms with Crippen molar-refractivity contribution in [3.8, 4) is 5.69 Å². The first kappa shape index (κ1) is 11.0. The van der Waals surface area contributed by atoms with Crippen molar-refractivity contribution in [3.63, 3.8) is 0 Å². The molecule has 0 radical (unpaired) electrons. The zero-order chi connectivity index (χ0) is 11.8. The average Bonchev–Trinajstić information content (AvgIpc) is 2.65. The van der Waals surface area contributed by atoms with Gasteiger partial charge in [-0.15, -0.1) is 0 Å². The maximum Gasteiger partial charge on any atom is 0.450 e. The fraction of sp³-hybridized carbons (Fsp3) is 0.100. The maximum absolute atomic E-state index is 12.6. The van der Waals surface area contributed by atoms with Crippen LogP contribution in [0, 0.1) is 0 Å². The van der Waals surface area contributed by atoms with Crippen molar-refractivity contribution in [2.75, 3.05) is 0 Å². The Balaban J connectivity index is 2.53. The van der Waals surface area contributed by atoms with Gasteiger partial charge in [-0.05, 0) is 18.2 Å². The summed E-state index contributed by atoms with van der Waals surface area (Å²) in [5, 5.41) is 0.374. The summed E-state index contributed by atoms with van der Waals surface area (Å²) in [5.74, 6) is -0.963. The fourth-order valence-corrected chi connectivity index (χ4v) is 1.53. The standard InChI is InChI=1S/C10H6ClF3N2/c11-7-2-1-3-8(6-7)16-5-4-15-9(16)10(12,13)14/h1-6H. The molecule has 0 fully saturated rings. The van der Waals surface area contributed by atoms with E-state index >= 15 is 0 Å². The lowest BCUT2D eigenvalue weighted by Crippen LogP contribution is -2.13. The van der Waals surface area contributed by atoms with E-state index in [-0.39, 0.29) is 0 Å². The summed E-state index contributed by atoms with van der Waals surface area (Å²) >= 11 is 5.71. The highest BCUT2D eigenvalue weighted by Crippen LogP contribution is 2.29. The number of imidazole rings is 1. The minimum atomic E-state index is -4.48. The van der Waals surface area contributed by atoms with Gasteiger partial charge in [-0.25, -0.2) is 4.98 Å². The predicted molar refractivity (Wildman–Crippen MR) is 53.6 cm³/mol. The summed E-state index contributed by atoms with van der Waals surface area (Å²) in [7, 11) is 0. The lowest BCUT2D eigenvalue weighted by Gasteiger charge is -2.10. The highest BCUT2D eigenvalue weighted by atomic mass is 35.5. The van der Waals surface area contributed by atoms with Gasteiger partial charge in [-0.3, -0.25) is 4.57 Å². The summed E-state index contributed by atoms with van der Waals surface area (Å²) in [4.78, 5) is 3.29. The van der Waals surface area contributed by atoms with Crippen molar-refractivity contribution in [1.29, 1.82) is 0 Å². The zero-order valence-corrected chi connectivity index (χ0v) is 8.63. The van der Waals surface area contributed by atoms with Crippen LogP contribution in [-0.2, 0) is 6.18 Å². The Morgan fingerprint density at radius 3 is 2.62 bits per heavy atom. The third-order valence-corrected chi connectivity index (χ3v) is 2.22. The van der Waals surface area contributed by atoms with Gasteiger partial charge in [-0.2, -0.15) is 13.2 Å². The van der Waals surface area contributed by atoms with Crippen LogP contribution in [0.4, 0.5) is 13.2 Å². The van der Waals surface area contributed by atoms with Crippen LogP contribution in [0.1, 0.15) is 5.82 Å². The van der Waals surface area contributed by atoms with Crippen LogP contribution in [0.15, 0.2) is 36.7 Å². The smallest absolute Gasteiger partial charge is 0.296 e. The Kier molecular flexibility index (Phi) is 2.63. The molecule has 16 heavy (non-hydrogen) atoms. The summed E-state index contributed by atoms with van der Waals surface area (Å²) in [6.07, 6.45) is -2.13. The second-order valence-electron chi connectivity index (χ2n) is 3.10. The number of hydrogen-bond donors (Lipinski definition) is 0. The third kappa shape index (κ3) is 2.04.